The third-order valence-electron chi connectivity index (χ3n) is 9.41. The predicted molar refractivity (Wildman–Crippen MR) is 179 cm³/mol. The Balaban J connectivity index is 1.97. The van der Waals surface area contributed by atoms with Gasteiger partial charge in [0, 0.05) is 0 Å². The SMILES string of the molecule is COc1c(C(C)(C)C)cc(C)cc1C(C)(C)[C]1([Y]([CH2]c2ccccc2N(C)C)[CH2]c2ccccc2N(C)C)C=CC=C1. The van der Waals surface area contributed by atoms with Crippen molar-refractivity contribution in [2.24, 2.45) is 0 Å². The number of allylic oxidation sites excluding steroid dienone is 4. The van der Waals surface area contributed by atoms with Gasteiger partial charge in [-0.2, -0.15) is 0 Å². The molecule has 0 heterocycles. The van der Waals surface area contributed by atoms with Crippen molar-refractivity contribution in [3.63, 3.8) is 0 Å². The third kappa shape index (κ3) is 6.29. The normalized spacial score (nSPS) is 14.3. The molecule has 0 amide bonds. The number of anilines is 2. The Morgan fingerprint density at radius 3 is 1.60 bits per heavy atom. The van der Waals surface area contributed by atoms with E-state index in [2.05, 4.69) is 165 Å². The Kier molecular flexibility index (Phi) is 9.85. The number of rotatable bonds is 10. The number of benzene rings is 3. The Hall–Kier alpha value is -2.36. The average Bonchev–Trinajstić information content (AvgIpc) is 3.44. The van der Waals surface area contributed by atoms with Gasteiger partial charge in [0.1, 0.15) is 0 Å². The van der Waals surface area contributed by atoms with Gasteiger partial charge in [0.15, 0.2) is 0 Å². The summed E-state index contributed by atoms with van der Waals surface area (Å²) in [6.07, 6.45) is 9.77. The van der Waals surface area contributed by atoms with Gasteiger partial charge in [0.05, 0.1) is 0 Å². The molecule has 3 aromatic carbocycles. The van der Waals surface area contributed by atoms with Crippen LogP contribution >= 0.6 is 0 Å². The number of nitrogens with zero attached hydrogens (tertiary/aromatic N) is 2. The molecule has 0 aromatic heterocycles. The van der Waals surface area contributed by atoms with E-state index in [1.165, 1.54) is 39.2 Å². The summed E-state index contributed by atoms with van der Waals surface area (Å²) in [4.78, 5) is 4.56. The molecular formula is C38H51N2OY. The number of hydrogen-bond acceptors (Lipinski definition) is 3. The summed E-state index contributed by atoms with van der Waals surface area (Å²) in [6, 6.07) is 22.8. The molecule has 1 aliphatic rings. The number of ether oxygens (including phenoxy) is 1. The predicted octanol–water partition coefficient (Wildman–Crippen LogP) is 9.01. The van der Waals surface area contributed by atoms with Crippen molar-refractivity contribution in [1.82, 2.24) is 0 Å². The fraction of sp³-hybridized carbons (Fsp3) is 0.421. The Bertz CT molecular complexity index is 1390. The standard InChI is InChI=1S/C20H27O.2C9H12N.Y/c1-14-12-16(19(2,3)4)18(21-7)17(13-14)20(5,6)15-10-8-9-11-15;2*1-8-6-4-5-7-9(8)10(2)3;/h8-13H,1-7H3;2*4-7H,1H2,2-3H3;. The number of aryl methyl sites for hydroxylation is 1. The van der Waals surface area contributed by atoms with E-state index >= 15 is 0 Å². The molecule has 0 fully saturated rings. The van der Waals surface area contributed by atoms with Crippen LogP contribution in [0.25, 0.3) is 0 Å². The van der Waals surface area contributed by atoms with E-state index in [0.29, 0.717) is 0 Å². The zero-order valence-electron chi connectivity index (χ0n) is 27.9. The van der Waals surface area contributed by atoms with E-state index in [-0.39, 0.29) is 13.1 Å². The second-order valence-corrected chi connectivity index (χ2v) is 21.9. The molecular weight excluding hydrogens is 589 g/mol. The van der Waals surface area contributed by atoms with Crippen LogP contribution in [0.15, 0.2) is 85.0 Å². The summed E-state index contributed by atoms with van der Waals surface area (Å²) in [5.74, 6) is 1.05. The molecule has 3 nitrogen and oxygen atoms in total. The minimum atomic E-state index is -2.71. The van der Waals surface area contributed by atoms with Gasteiger partial charge in [-0.15, -0.1) is 0 Å². The van der Waals surface area contributed by atoms with Crippen LogP contribution in [0.4, 0.5) is 11.4 Å². The topological polar surface area (TPSA) is 15.7 Å². The van der Waals surface area contributed by atoms with Crippen LogP contribution in [-0.2, 0) is 44.7 Å². The second kappa shape index (κ2) is 12.7. The van der Waals surface area contributed by atoms with Gasteiger partial charge in [0.2, 0.25) is 0 Å². The zero-order valence-corrected chi connectivity index (χ0v) is 30.7. The van der Waals surface area contributed by atoms with Crippen LogP contribution in [0.5, 0.6) is 5.75 Å². The van der Waals surface area contributed by atoms with Gasteiger partial charge in [-0.1, -0.05) is 0 Å². The first-order chi connectivity index (χ1) is 19.7. The van der Waals surface area contributed by atoms with Crippen LogP contribution in [0.1, 0.15) is 62.4 Å². The van der Waals surface area contributed by atoms with Crippen LogP contribution in [-0.4, -0.2) is 35.3 Å². The molecule has 3 aromatic rings. The maximum absolute atomic E-state index is 6.33. The molecule has 4 heteroatoms. The molecule has 0 atom stereocenters. The first kappa shape index (κ1) is 32.6. The van der Waals surface area contributed by atoms with E-state index in [0.717, 1.165) is 12.2 Å². The zero-order chi connectivity index (χ0) is 30.9. The van der Waals surface area contributed by atoms with E-state index in [9.17, 15) is 0 Å². The monoisotopic (exact) mass is 640 g/mol. The van der Waals surface area contributed by atoms with Crippen molar-refractivity contribution >= 4 is 11.4 Å². The van der Waals surface area contributed by atoms with Crippen molar-refractivity contribution < 1.29 is 32.2 Å². The molecule has 0 saturated heterocycles. The van der Waals surface area contributed by atoms with Gasteiger partial charge in [0.25, 0.3) is 0 Å². The molecule has 0 N–H and O–H groups in total. The van der Waals surface area contributed by atoms with Crippen molar-refractivity contribution in [1.29, 1.82) is 0 Å². The molecule has 0 radical (unpaired) electrons. The van der Waals surface area contributed by atoms with Crippen molar-refractivity contribution in [3.8, 4) is 5.75 Å². The van der Waals surface area contributed by atoms with Crippen molar-refractivity contribution in [2.45, 2.75) is 61.1 Å². The third-order valence-corrected chi connectivity index (χ3v) is 20.0. The molecule has 0 bridgehead atoms. The van der Waals surface area contributed by atoms with Crippen LogP contribution in [0.3, 0.4) is 0 Å². The van der Waals surface area contributed by atoms with Crippen LogP contribution in [0.2, 0.25) is 2.23 Å². The summed E-state index contributed by atoms with van der Waals surface area (Å²) in [7, 11) is 10.5. The van der Waals surface area contributed by atoms with E-state index in [4.69, 9.17) is 4.74 Å². The van der Waals surface area contributed by atoms with Crippen molar-refractivity contribution in [2.75, 3.05) is 45.1 Å². The number of methoxy groups -OCH3 is 1. The summed E-state index contributed by atoms with van der Waals surface area (Å²) < 4.78 is 8.62. The molecule has 0 saturated carbocycles. The fourth-order valence-corrected chi connectivity index (χ4v) is 18.2. The van der Waals surface area contributed by atoms with Gasteiger partial charge in [-0.25, -0.2) is 0 Å². The van der Waals surface area contributed by atoms with Gasteiger partial charge in [-0.05, 0) is 0 Å². The maximum atomic E-state index is 6.33. The Labute approximate surface area is 266 Å². The molecule has 0 unspecified atom stereocenters. The summed E-state index contributed by atoms with van der Waals surface area (Å²) in [5.41, 5.74) is 9.34. The van der Waals surface area contributed by atoms with Crippen molar-refractivity contribution in [3.05, 3.63) is 113 Å². The summed E-state index contributed by atoms with van der Waals surface area (Å²) in [5, 5.41) is 0. The van der Waals surface area contributed by atoms with Gasteiger partial charge >= 0.3 is 268 Å². The molecule has 0 aliphatic heterocycles. The Morgan fingerprint density at radius 2 is 1.17 bits per heavy atom. The minimum absolute atomic E-state index is 0.0192. The van der Waals surface area contributed by atoms with E-state index in [1.54, 1.807) is 0 Å². The van der Waals surface area contributed by atoms with E-state index in [1.807, 2.05) is 7.11 Å². The molecule has 0 spiro atoms. The second-order valence-electron chi connectivity index (χ2n) is 14.1. The van der Waals surface area contributed by atoms with Crippen LogP contribution in [0, 0.1) is 6.92 Å². The summed E-state index contributed by atoms with van der Waals surface area (Å²) >= 11 is -2.71. The van der Waals surface area contributed by atoms with Crippen LogP contribution < -0.4 is 14.5 Å². The van der Waals surface area contributed by atoms with Gasteiger partial charge in [-0.3, -0.25) is 0 Å². The van der Waals surface area contributed by atoms with Gasteiger partial charge < -0.3 is 0 Å². The molecule has 4 rings (SSSR count). The van der Waals surface area contributed by atoms with E-state index < -0.39 is 27.4 Å². The number of para-hydroxylation sites is 2. The molecule has 1 aliphatic carbocycles. The quantitative estimate of drug-likeness (QED) is 0.220. The fourth-order valence-electron chi connectivity index (χ4n) is 7.11. The molecule has 222 valence electrons. The molecule has 42 heavy (non-hydrogen) atoms. The number of hydrogen-bond donors (Lipinski definition) is 0. The first-order valence-electron chi connectivity index (χ1n) is 15.3. The average molecular weight is 641 g/mol. The summed E-state index contributed by atoms with van der Waals surface area (Å²) in [6.45, 7) is 14.1. The Morgan fingerprint density at radius 1 is 0.714 bits per heavy atom. The first-order valence-corrected chi connectivity index (χ1v) is 20.7.